The highest BCUT2D eigenvalue weighted by molar-refractivity contribution is 5.67. The average molecular weight is 165 g/mol. The first-order chi connectivity index (χ1) is 5.67. The SMILES string of the molecule is C#C[C@H]1CC2(CC2)CN1C(=O)O. The van der Waals surface area contributed by atoms with Crippen molar-refractivity contribution in [2.75, 3.05) is 6.54 Å². The first kappa shape index (κ1) is 7.48. The minimum Gasteiger partial charge on any atom is -0.465 e. The second-order valence-electron chi connectivity index (χ2n) is 3.80. The second kappa shape index (κ2) is 2.16. The highest BCUT2D eigenvalue weighted by Gasteiger charge is 2.52. The van der Waals surface area contributed by atoms with Crippen LogP contribution in [0.4, 0.5) is 4.79 Å². The van der Waals surface area contributed by atoms with E-state index >= 15 is 0 Å². The number of hydrogen-bond acceptors (Lipinski definition) is 1. The zero-order valence-electron chi connectivity index (χ0n) is 6.79. The zero-order chi connectivity index (χ0) is 8.77. The van der Waals surface area contributed by atoms with Gasteiger partial charge in [0.15, 0.2) is 0 Å². The van der Waals surface area contributed by atoms with E-state index in [1.165, 1.54) is 4.90 Å². The molecule has 0 aromatic rings. The summed E-state index contributed by atoms with van der Waals surface area (Å²) in [6, 6.07) is -0.176. The van der Waals surface area contributed by atoms with Gasteiger partial charge in [0.2, 0.25) is 0 Å². The molecule has 1 spiro atoms. The summed E-state index contributed by atoms with van der Waals surface area (Å²) >= 11 is 0. The molecule has 1 atom stereocenters. The Kier molecular flexibility index (Phi) is 1.35. The third kappa shape index (κ3) is 0.953. The van der Waals surface area contributed by atoms with Gasteiger partial charge in [0.05, 0.1) is 6.04 Å². The van der Waals surface area contributed by atoms with Crippen molar-refractivity contribution in [2.24, 2.45) is 5.41 Å². The molecule has 1 saturated heterocycles. The van der Waals surface area contributed by atoms with Gasteiger partial charge in [0.1, 0.15) is 0 Å². The molecule has 0 unspecified atom stereocenters. The monoisotopic (exact) mass is 165 g/mol. The summed E-state index contributed by atoms with van der Waals surface area (Å²) in [5.74, 6) is 2.54. The molecule has 1 aliphatic carbocycles. The highest BCUT2D eigenvalue weighted by Crippen LogP contribution is 2.54. The standard InChI is InChI=1S/C9H11NO2/c1-2-7-5-9(3-4-9)6-10(7)8(11)12/h1,7H,3-6H2,(H,11,12)/t7-/m0/s1. The lowest BCUT2D eigenvalue weighted by atomic mass is 10.0. The number of amides is 1. The number of terminal acetylenes is 1. The van der Waals surface area contributed by atoms with Gasteiger partial charge in [-0.25, -0.2) is 4.79 Å². The Balaban J connectivity index is 2.14. The first-order valence-electron chi connectivity index (χ1n) is 4.13. The molecule has 2 rings (SSSR count). The van der Waals surface area contributed by atoms with Crippen molar-refractivity contribution in [1.29, 1.82) is 0 Å². The van der Waals surface area contributed by atoms with Gasteiger partial charge in [-0.2, -0.15) is 0 Å². The van der Waals surface area contributed by atoms with Gasteiger partial charge in [-0.1, -0.05) is 5.92 Å². The first-order valence-corrected chi connectivity index (χ1v) is 4.13. The quantitative estimate of drug-likeness (QED) is 0.547. The van der Waals surface area contributed by atoms with Crippen LogP contribution < -0.4 is 0 Å². The Morgan fingerprint density at radius 3 is 2.67 bits per heavy atom. The maximum absolute atomic E-state index is 10.7. The molecule has 1 amide bonds. The fourth-order valence-electron chi connectivity index (χ4n) is 1.95. The Morgan fingerprint density at radius 1 is 1.67 bits per heavy atom. The van der Waals surface area contributed by atoms with Crippen molar-refractivity contribution >= 4 is 6.09 Å². The summed E-state index contributed by atoms with van der Waals surface area (Å²) in [6.07, 6.45) is 7.55. The Morgan fingerprint density at radius 2 is 2.33 bits per heavy atom. The predicted molar refractivity (Wildman–Crippen MR) is 43.6 cm³/mol. The normalized spacial score (nSPS) is 30.2. The topological polar surface area (TPSA) is 40.5 Å². The summed E-state index contributed by atoms with van der Waals surface area (Å²) in [4.78, 5) is 12.1. The molecular weight excluding hydrogens is 154 g/mol. The van der Waals surface area contributed by atoms with Crippen molar-refractivity contribution in [3.63, 3.8) is 0 Å². The van der Waals surface area contributed by atoms with Crippen LogP contribution >= 0.6 is 0 Å². The van der Waals surface area contributed by atoms with Crippen molar-refractivity contribution in [3.8, 4) is 12.3 Å². The summed E-state index contributed by atoms with van der Waals surface area (Å²) < 4.78 is 0. The molecule has 3 nitrogen and oxygen atoms in total. The van der Waals surface area contributed by atoms with Crippen molar-refractivity contribution in [3.05, 3.63) is 0 Å². The Bertz CT molecular complexity index is 262. The number of nitrogens with zero attached hydrogens (tertiary/aromatic N) is 1. The van der Waals surface area contributed by atoms with Crippen LogP contribution in [0.15, 0.2) is 0 Å². The number of likely N-dealkylation sites (tertiary alicyclic amines) is 1. The average Bonchev–Trinajstić information content (AvgIpc) is 2.62. The van der Waals surface area contributed by atoms with Gasteiger partial charge in [-0.15, -0.1) is 6.42 Å². The van der Waals surface area contributed by atoms with Crippen LogP contribution in [0.2, 0.25) is 0 Å². The van der Waals surface area contributed by atoms with Crippen LogP contribution in [0.3, 0.4) is 0 Å². The van der Waals surface area contributed by atoms with Crippen LogP contribution in [-0.4, -0.2) is 28.7 Å². The molecule has 2 aliphatic rings. The molecule has 1 aliphatic heterocycles. The molecular formula is C9H11NO2. The third-order valence-corrected chi connectivity index (χ3v) is 2.90. The smallest absolute Gasteiger partial charge is 0.408 e. The third-order valence-electron chi connectivity index (χ3n) is 2.90. The molecule has 0 aromatic carbocycles. The largest absolute Gasteiger partial charge is 0.465 e. The van der Waals surface area contributed by atoms with Gasteiger partial charge < -0.3 is 5.11 Å². The van der Waals surface area contributed by atoms with E-state index < -0.39 is 6.09 Å². The second-order valence-corrected chi connectivity index (χ2v) is 3.80. The minimum absolute atomic E-state index is 0.176. The van der Waals surface area contributed by atoms with Crippen molar-refractivity contribution in [1.82, 2.24) is 4.90 Å². The molecule has 0 radical (unpaired) electrons. The van der Waals surface area contributed by atoms with E-state index in [-0.39, 0.29) is 11.5 Å². The minimum atomic E-state index is -0.873. The molecule has 3 heteroatoms. The molecule has 1 saturated carbocycles. The molecule has 1 N–H and O–H groups in total. The number of hydrogen-bond donors (Lipinski definition) is 1. The molecule has 2 fully saturated rings. The lowest BCUT2D eigenvalue weighted by Crippen LogP contribution is -2.33. The van der Waals surface area contributed by atoms with Crippen LogP contribution in [0, 0.1) is 17.8 Å². The summed E-state index contributed by atoms with van der Waals surface area (Å²) in [5.41, 5.74) is 0.273. The Labute approximate surface area is 71.4 Å². The maximum Gasteiger partial charge on any atom is 0.408 e. The molecule has 0 bridgehead atoms. The van der Waals surface area contributed by atoms with Crippen LogP contribution in [0.1, 0.15) is 19.3 Å². The van der Waals surface area contributed by atoms with E-state index in [1.54, 1.807) is 0 Å². The van der Waals surface area contributed by atoms with Crippen molar-refractivity contribution in [2.45, 2.75) is 25.3 Å². The predicted octanol–water partition coefficient (Wildman–Crippen LogP) is 1.15. The fraction of sp³-hybridized carbons (Fsp3) is 0.667. The lowest BCUT2D eigenvalue weighted by molar-refractivity contribution is 0.146. The molecule has 1 heterocycles. The number of carbonyl (C=O) groups is 1. The van der Waals surface area contributed by atoms with E-state index in [1.807, 2.05) is 0 Å². The zero-order valence-corrected chi connectivity index (χ0v) is 6.79. The van der Waals surface area contributed by atoms with Crippen LogP contribution in [0.25, 0.3) is 0 Å². The summed E-state index contributed by atoms with van der Waals surface area (Å²) in [5, 5.41) is 8.81. The van der Waals surface area contributed by atoms with Gasteiger partial charge in [-0.05, 0) is 24.7 Å². The van der Waals surface area contributed by atoms with Gasteiger partial charge in [-0.3, -0.25) is 4.90 Å². The summed E-state index contributed by atoms with van der Waals surface area (Å²) in [7, 11) is 0. The lowest BCUT2D eigenvalue weighted by Gasteiger charge is -2.15. The summed E-state index contributed by atoms with van der Waals surface area (Å²) in [6.45, 7) is 0.650. The van der Waals surface area contributed by atoms with E-state index in [4.69, 9.17) is 11.5 Å². The molecule has 0 aromatic heterocycles. The van der Waals surface area contributed by atoms with Crippen molar-refractivity contribution < 1.29 is 9.90 Å². The van der Waals surface area contributed by atoms with E-state index in [9.17, 15) is 4.79 Å². The van der Waals surface area contributed by atoms with Crippen LogP contribution in [-0.2, 0) is 0 Å². The Hall–Kier alpha value is -1.17. The van der Waals surface area contributed by atoms with Gasteiger partial charge >= 0.3 is 6.09 Å². The molecule has 12 heavy (non-hydrogen) atoms. The molecule has 64 valence electrons. The number of carboxylic acid groups (broad SMARTS) is 1. The fourth-order valence-corrected chi connectivity index (χ4v) is 1.95. The van der Waals surface area contributed by atoms with E-state index in [0.717, 1.165) is 19.3 Å². The van der Waals surface area contributed by atoms with Gasteiger partial charge in [0.25, 0.3) is 0 Å². The van der Waals surface area contributed by atoms with E-state index in [0.29, 0.717) is 6.54 Å². The van der Waals surface area contributed by atoms with Crippen LogP contribution in [0.5, 0.6) is 0 Å². The number of rotatable bonds is 0. The highest BCUT2D eigenvalue weighted by atomic mass is 16.4. The van der Waals surface area contributed by atoms with Gasteiger partial charge in [0, 0.05) is 6.54 Å². The maximum atomic E-state index is 10.7. The van der Waals surface area contributed by atoms with E-state index in [2.05, 4.69) is 5.92 Å².